The minimum Gasteiger partial charge on any atom is -1.00 e. The van der Waals surface area contributed by atoms with Crippen LogP contribution in [0.25, 0.3) is 11.1 Å². The van der Waals surface area contributed by atoms with Crippen LogP contribution in [0.2, 0.25) is 0 Å². The number of aryl methyl sites for hydroxylation is 5. The van der Waals surface area contributed by atoms with Crippen molar-refractivity contribution < 1.29 is 58.9 Å². The van der Waals surface area contributed by atoms with Crippen molar-refractivity contribution in [3.63, 3.8) is 0 Å². The van der Waals surface area contributed by atoms with E-state index < -0.39 is 8.80 Å². The van der Waals surface area contributed by atoms with Crippen LogP contribution < -0.4 is 47.6 Å². The van der Waals surface area contributed by atoms with Crippen molar-refractivity contribution in [1.29, 1.82) is 0 Å². The summed E-state index contributed by atoms with van der Waals surface area (Å²) in [7, 11) is -1.00. The van der Waals surface area contributed by atoms with Gasteiger partial charge in [-0.15, -0.1) is 16.7 Å². The van der Waals surface area contributed by atoms with Crippen molar-refractivity contribution in [3.8, 4) is 11.1 Å². The fourth-order valence-corrected chi connectivity index (χ4v) is 8.51. The third kappa shape index (κ3) is 7.91. The average Bonchev–Trinajstić information content (AvgIpc) is 2.94. The zero-order valence-electron chi connectivity index (χ0n) is 23.1. The first-order valence-corrected chi connectivity index (χ1v) is 13.7. The number of benzene rings is 3. The number of rotatable bonds is 5. The van der Waals surface area contributed by atoms with Crippen LogP contribution in [-0.4, -0.2) is 8.80 Å². The molecule has 193 valence electrons. The normalized spacial score (nSPS) is 10.2. The van der Waals surface area contributed by atoms with Gasteiger partial charge in [0, 0.05) is 0 Å². The van der Waals surface area contributed by atoms with Crippen molar-refractivity contribution in [2.24, 2.45) is 0 Å². The van der Waals surface area contributed by atoms with Crippen LogP contribution in [0.5, 0.6) is 0 Å². The molecule has 0 aromatic heterocycles. The van der Waals surface area contributed by atoms with Gasteiger partial charge < -0.3 is 37.2 Å². The Kier molecular flexibility index (Phi) is 14.3. The predicted molar refractivity (Wildman–Crippen MR) is 147 cm³/mol. The molecule has 1 radical (unpaired) electrons. The molecule has 0 saturated carbocycles. The van der Waals surface area contributed by atoms with E-state index in [0.29, 0.717) is 0 Å². The van der Waals surface area contributed by atoms with Crippen molar-refractivity contribution in [3.05, 3.63) is 111 Å². The van der Waals surface area contributed by atoms with Crippen LogP contribution in [0, 0.1) is 55.4 Å². The maximum atomic E-state index is 2.43. The minimum absolute atomic E-state index is 0. The molecule has 5 heteroatoms. The van der Waals surface area contributed by atoms with Gasteiger partial charge in [-0.1, -0.05) is 131 Å². The Morgan fingerprint density at radius 1 is 0.568 bits per heavy atom. The van der Waals surface area contributed by atoms with Gasteiger partial charge in [0.05, 0.1) is 0 Å². The van der Waals surface area contributed by atoms with E-state index >= 15 is 0 Å². The van der Waals surface area contributed by atoms with Crippen LogP contribution in [0.15, 0.2) is 60.7 Å². The van der Waals surface area contributed by atoms with E-state index in [1.165, 1.54) is 66.0 Å². The van der Waals surface area contributed by atoms with E-state index in [-0.39, 0.29) is 58.9 Å². The third-order valence-corrected chi connectivity index (χ3v) is 9.73. The molecule has 4 aromatic carbocycles. The average molecular weight is 603 g/mol. The monoisotopic (exact) mass is 601 g/mol. The van der Waals surface area contributed by atoms with Gasteiger partial charge in [-0.2, -0.15) is 11.1 Å². The first-order chi connectivity index (χ1) is 15.6. The molecule has 0 unspecified atom stereocenters. The Balaban J connectivity index is 0.00000324. The first-order valence-electron chi connectivity index (χ1n) is 12.0. The summed E-state index contributed by atoms with van der Waals surface area (Å²) in [5, 5.41) is 3.04. The van der Waals surface area contributed by atoms with Gasteiger partial charge in [-0.25, -0.2) is 0 Å². The maximum Gasteiger partial charge on any atom is 4.00 e. The maximum absolute atomic E-state index is 2.43. The van der Waals surface area contributed by atoms with E-state index in [2.05, 4.69) is 116 Å². The summed E-state index contributed by atoms with van der Waals surface area (Å²) in [5.74, 6) is 0. The largest absolute Gasteiger partial charge is 4.00 e. The Morgan fingerprint density at radius 3 is 1.46 bits per heavy atom. The summed E-state index contributed by atoms with van der Waals surface area (Å²) < 4.78 is 0. The molecular weight excluding hydrogens is 567 g/mol. The zero-order valence-corrected chi connectivity index (χ0v) is 27.9. The fraction of sp³-hybridized carbons (Fsp3) is 0.281. The van der Waals surface area contributed by atoms with Crippen molar-refractivity contribution in [2.45, 2.75) is 61.4 Å². The van der Waals surface area contributed by atoms with Gasteiger partial charge in [0.25, 0.3) is 0 Å². The van der Waals surface area contributed by atoms with E-state index in [4.69, 9.17) is 0 Å². The van der Waals surface area contributed by atoms with Gasteiger partial charge in [0.2, 0.25) is 0 Å². The summed E-state index contributed by atoms with van der Waals surface area (Å²) >= 11 is 0. The van der Waals surface area contributed by atoms with Crippen molar-refractivity contribution >= 4 is 19.2 Å². The van der Waals surface area contributed by atoms with E-state index in [0.717, 1.165) is 6.04 Å². The quantitative estimate of drug-likeness (QED) is 0.182. The molecule has 0 aliphatic heterocycles. The Morgan fingerprint density at radius 2 is 1.03 bits per heavy atom. The molecule has 37 heavy (non-hydrogen) atoms. The first kappa shape index (κ1) is 35.8. The van der Waals surface area contributed by atoms with Crippen LogP contribution >= 0.6 is 0 Å². The van der Waals surface area contributed by atoms with Gasteiger partial charge in [0.15, 0.2) is 0 Å². The third-order valence-electron chi connectivity index (χ3n) is 7.06. The molecule has 4 rings (SSSR count). The fourth-order valence-electron chi connectivity index (χ4n) is 5.37. The molecule has 0 saturated heterocycles. The number of hydrogen-bond acceptors (Lipinski definition) is 0. The van der Waals surface area contributed by atoms with Gasteiger partial charge in [0.1, 0.15) is 8.80 Å². The van der Waals surface area contributed by atoms with Crippen LogP contribution in [0.1, 0.15) is 50.1 Å². The molecular formula is C32H36Cl3SiTi. The smallest absolute Gasteiger partial charge is 1.00 e. The molecule has 4 aromatic rings. The molecule has 0 amide bonds. The zero-order chi connectivity index (χ0) is 23.9. The molecule has 0 N–H and O–H groups in total. The van der Waals surface area contributed by atoms with Crippen molar-refractivity contribution in [1.82, 2.24) is 0 Å². The van der Waals surface area contributed by atoms with E-state index in [9.17, 15) is 0 Å². The predicted octanol–water partition coefficient (Wildman–Crippen LogP) is -2.06. The van der Waals surface area contributed by atoms with Crippen LogP contribution in [0.4, 0.5) is 0 Å². The standard InChI is InChI=1S/C32H36Si.3ClH.Ti/c1-20-10-9-11-28(14-20)32-27(8)25(6)26(7)31(32)19-33(29-15-21(2)12-22(3)16-29)30-17-23(4)13-24(5)18-30;;;;/h9-18H,19H2,1-8H3;3*1H;/q-1;;;;+4/p-3. The number of halogens is 3. The summed E-state index contributed by atoms with van der Waals surface area (Å²) in [5.41, 5.74) is 15.5. The van der Waals surface area contributed by atoms with Gasteiger partial charge in [-0.05, 0) is 34.6 Å². The second-order valence-electron chi connectivity index (χ2n) is 10.0. The molecule has 0 spiro atoms. The summed E-state index contributed by atoms with van der Waals surface area (Å²) in [4.78, 5) is 0. The molecule has 0 heterocycles. The Bertz CT molecular complexity index is 1250. The summed E-state index contributed by atoms with van der Waals surface area (Å²) in [6, 6.07) is 24.5. The summed E-state index contributed by atoms with van der Waals surface area (Å²) in [6.45, 7) is 18.1. The second kappa shape index (κ2) is 14.8. The van der Waals surface area contributed by atoms with Gasteiger partial charge >= 0.3 is 21.7 Å². The van der Waals surface area contributed by atoms with Crippen LogP contribution in [0.3, 0.4) is 0 Å². The second-order valence-corrected chi connectivity index (χ2v) is 12.5. The molecule has 0 aliphatic rings. The summed E-state index contributed by atoms with van der Waals surface area (Å²) in [6.07, 6.45) is 0. The molecule has 0 bridgehead atoms. The number of hydrogen-bond donors (Lipinski definition) is 0. The molecule has 0 nitrogen and oxygen atoms in total. The Hall–Kier alpha value is -1.19. The van der Waals surface area contributed by atoms with Crippen LogP contribution in [-0.2, 0) is 27.8 Å². The SMILES string of the molecule is Cc1cccc(-c2c(C)c(C)c(C)[c-]2C[Si](c2cc(C)cc(C)c2)c2cc(C)cc(C)c2)c1.[Cl-].[Cl-].[Cl-].[Ti+4]. The topological polar surface area (TPSA) is 0 Å². The molecule has 0 fully saturated rings. The van der Waals surface area contributed by atoms with E-state index in [1.807, 2.05) is 0 Å². The molecule has 0 atom stereocenters. The Labute approximate surface area is 259 Å². The van der Waals surface area contributed by atoms with Crippen molar-refractivity contribution in [2.75, 3.05) is 0 Å². The van der Waals surface area contributed by atoms with E-state index in [1.54, 1.807) is 5.56 Å². The van der Waals surface area contributed by atoms with Gasteiger partial charge in [-0.3, -0.25) is 0 Å². The molecule has 0 aliphatic carbocycles. The minimum atomic E-state index is -1.00.